The molecule has 0 aliphatic carbocycles. The molecule has 106 valence electrons. The van der Waals surface area contributed by atoms with E-state index in [1.807, 2.05) is 57.3 Å². The Kier molecular flexibility index (Phi) is 4.21. The highest BCUT2D eigenvalue weighted by atomic mass is 35.5. The van der Waals surface area contributed by atoms with E-state index in [-0.39, 0.29) is 5.97 Å². The van der Waals surface area contributed by atoms with E-state index in [1.165, 1.54) is 0 Å². The number of benzene rings is 1. The summed E-state index contributed by atoms with van der Waals surface area (Å²) in [7, 11) is 0. The van der Waals surface area contributed by atoms with Gasteiger partial charge >= 0.3 is 5.97 Å². The predicted molar refractivity (Wildman–Crippen MR) is 84.7 cm³/mol. The van der Waals surface area contributed by atoms with Gasteiger partial charge < -0.3 is 4.74 Å². The average Bonchev–Trinajstić information content (AvgIpc) is 2.70. The molecule has 0 saturated carbocycles. The fourth-order valence-electron chi connectivity index (χ4n) is 1.84. The van der Waals surface area contributed by atoms with Crippen LogP contribution in [0.1, 0.15) is 36.7 Å². The number of thiophene rings is 1. The highest BCUT2D eigenvalue weighted by Crippen LogP contribution is 2.33. The summed E-state index contributed by atoms with van der Waals surface area (Å²) >= 11 is 7.44. The van der Waals surface area contributed by atoms with Crippen LogP contribution in [-0.2, 0) is 4.74 Å². The second-order valence-electron chi connectivity index (χ2n) is 5.61. The molecule has 0 unspecified atom stereocenters. The average molecular weight is 309 g/mol. The Labute approximate surface area is 128 Å². The Morgan fingerprint density at radius 1 is 1.20 bits per heavy atom. The third-order valence-corrected chi connectivity index (χ3v) is 4.15. The van der Waals surface area contributed by atoms with E-state index in [0.29, 0.717) is 10.6 Å². The first-order valence-electron chi connectivity index (χ1n) is 6.35. The van der Waals surface area contributed by atoms with E-state index in [4.69, 9.17) is 16.3 Å². The summed E-state index contributed by atoms with van der Waals surface area (Å²) in [4.78, 5) is 13.2. The van der Waals surface area contributed by atoms with E-state index in [1.54, 1.807) is 11.3 Å². The largest absolute Gasteiger partial charge is 0.456 e. The number of carbonyl (C=O) groups is 1. The van der Waals surface area contributed by atoms with E-state index in [2.05, 4.69) is 0 Å². The lowest BCUT2D eigenvalue weighted by atomic mass is 10.1. The molecule has 2 aromatic rings. The van der Waals surface area contributed by atoms with Gasteiger partial charge in [-0.3, -0.25) is 0 Å². The van der Waals surface area contributed by atoms with Crippen LogP contribution in [0, 0.1) is 6.92 Å². The van der Waals surface area contributed by atoms with Crippen LogP contribution in [0.25, 0.3) is 10.4 Å². The summed E-state index contributed by atoms with van der Waals surface area (Å²) < 4.78 is 5.42. The van der Waals surface area contributed by atoms with E-state index < -0.39 is 5.60 Å². The molecule has 2 nitrogen and oxygen atoms in total. The molecule has 0 aliphatic rings. The second kappa shape index (κ2) is 5.58. The first-order chi connectivity index (χ1) is 9.28. The molecule has 1 heterocycles. The van der Waals surface area contributed by atoms with Crippen LogP contribution < -0.4 is 0 Å². The molecule has 0 saturated heterocycles. The van der Waals surface area contributed by atoms with Crippen molar-refractivity contribution in [1.82, 2.24) is 0 Å². The lowest BCUT2D eigenvalue weighted by molar-refractivity contribution is 0.00694. The molecular weight excluding hydrogens is 292 g/mol. The molecule has 0 N–H and O–H groups in total. The van der Waals surface area contributed by atoms with E-state index >= 15 is 0 Å². The third-order valence-electron chi connectivity index (χ3n) is 2.76. The summed E-state index contributed by atoms with van der Waals surface area (Å²) in [5.74, 6) is -0.272. The van der Waals surface area contributed by atoms with Crippen molar-refractivity contribution < 1.29 is 9.53 Å². The standard InChI is InChI=1S/C16H17ClO2S/c1-10-13(15(18)19-16(2,3)4)9-20-14(10)11-5-7-12(17)8-6-11/h5-9H,1-4H3. The fourth-order valence-corrected chi connectivity index (χ4v) is 3.03. The highest BCUT2D eigenvalue weighted by Gasteiger charge is 2.22. The summed E-state index contributed by atoms with van der Waals surface area (Å²) in [5.41, 5.74) is 2.17. The molecule has 0 amide bonds. The van der Waals surface area contributed by atoms with Gasteiger partial charge in [0.05, 0.1) is 5.56 Å². The maximum atomic E-state index is 12.1. The minimum absolute atomic E-state index is 0.272. The Morgan fingerprint density at radius 3 is 2.35 bits per heavy atom. The van der Waals surface area contributed by atoms with Gasteiger partial charge in [-0.15, -0.1) is 11.3 Å². The first-order valence-corrected chi connectivity index (χ1v) is 7.61. The zero-order valence-electron chi connectivity index (χ0n) is 12.0. The van der Waals surface area contributed by atoms with Crippen molar-refractivity contribution in [3.05, 3.63) is 45.8 Å². The van der Waals surface area contributed by atoms with Crippen LogP contribution in [0.15, 0.2) is 29.6 Å². The van der Waals surface area contributed by atoms with E-state index in [0.717, 1.165) is 16.0 Å². The maximum absolute atomic E-state index is 12.1. The van der Waals surface area contributed by atoms with Crippen LogP contribution in [0.3, 0.4) is 0 Å². The number of ether oxygens (including phenoxy) is 1. The molecule has 4 heteroatoms. The molecule has 0 radical (unpaired) electrons. The fraction of sp³-hybridized carbons (Fsp3) is 0.312. The lowest BCUT2D eigenvalue weighted by Gasteiger charge is -2.19. The topological polar surface area (TPSA) is 26.3 Å². The molecule has 0 bridgehead atoms. The van der Waals surface area contributed by atoms with Gasteiger partial charge in [0, 0.05) is 15.3 Å². The van der Waals surface area contributed by atoms with Crippen molar-refractivity contribution in [2.24, 2.45) is 0 Å². The SMILES string of the molecule is Cc1c(C(=O)OC(C)(C)C)csc1-c1ccc(Cl)cc1. The summed E-state index contributed by atoms with van der Waals surface area (Å²) in [6, 6.07) is 7.62. The smallest absolute Gasteiger partial charge is 0.339 e. The molecule has 1 aromatic heterocycles. The number of rotatable bonds is 2. The lowest BCUT2D eigenvalue weighted by Crippen LogP contribution is -2.24. The van der Waals surface area contributed by atoms with Crippen LogP contribution in [-0.4, -0.2) is 11.6 Å². The van der Waals surface area contributed by atoms with Crippen LogP contribution >= 0.6 is 22.9 Å². The number of hydrogen-bond acceptors (Lipinski definition) is 3. The van der Waals surface area contributed by atoms with Crippen molar-refractivity contribution in [2.45, 2.75) is 33.3 Å². The Balaban J connectivity index is 2.32. The number of esters is 1. The Hall–Kier alpha value is -1.32. The summed E-state index contributed by atoms with van der Waals surface area (Å²) in [6.45, 7) is 7.55. The van der Waals surface area contributed by atoms with Gasteiger partial charge in [0.1, 0.15) is 5.60 Å². The minimum atomic E-state index is -0.480. The summed E-state index contributed by atoms with van der Waals surface area (Å²) in [6.07, 6.45) is 0. The van der Waals surface area contributed by atoms with Crippen molar-refractivity contribution in [1.29, 1.82) is 0 Å². The van der Waals surface area contributed by atoms with Crippen LogP contribution in [0.4, 0.5) is 0 Å². The molecular formula is C16H17ClO2S. The third kappa shape index (κ3) is 3.41. The molecule has 0 atom stereocenters. The zero-order chi connectivity index (χ0) is 14.9. The van der Waals surface area contributed by atoms with Gasteiger partial charge in [0.2, 0.25) is 0 Å². The molecule has 2 rings (SSSR count). The summed E-state index contributed by atoms with van der Waals surface area (Å²) in [5, 5.41) is 2.56. The van der Waals surface area contributed by atoms with E-state index in [9.17, 15) is 4.79 Å². The maximum Gasteiger partial charge on any atom is 0.339 e. The zero-order valence-corrected chi connectivity index (χ0v) is 13.6. The minimum Gasteiger partial charge on any atom is -0.456 e. The normalized spacial score (nSPS) is 11.4. The Bertz CT molecular complexity index is 621. The first kappa shape index (κ1) is 15.1. The number of hydrogen-bond donors (Lipinski definition) is 0. The van der Waals surface area contributed by atoms with Crippen LogP contribution in [0.2, 0.25) is 5.02 Å². The van der Waals surface area contributed by atoms with Gasteiger partial charge in [0.15, 0.2) is 0 Å². The number of carbonyl (C=O) groups excluding carboxylic acids is 1. The molecule has 0 spiro atoms. The van der Waals surface area contributed by atoms with Gasteiger partial charge in [-0.2, -0.15) is 0 Å². The van der Waals surface area contributed by atoms with Gasteiger partial charge in [-0.25, -0.2) is 4.79 Å². The van der Waals surface area contributed by atoms with Crippen molar-refractivity contribution >= 4 is 28.9 Å². The van der Waals surface area contributed by atoms with Gasteiger partial charge in [-0.05, 0) is 51.0 Å². The van der Waals surface area contributed by atoms with Gasteiger partial charge in [-0.1, -0.05) is 23.7 Å². The highest BCUT2D eigenvalue weighted by molar-refractivity contribution is 7.14. The molecule has 0 fully saturated rings. The van der Waals surface area contributed by atoms with Crippen molar-refractivity contribution in [3.8, 4) is 10.4 Å². The van der Waals surface area contributed by atoms with Gasteiger partial charge in [0.25, 0.3) is 0 Å². The molecule has 20 heavy (non-hydrogen) atoms. The quantitative estimate of drug-likeness (QED) is 0.701. The Morgan fingerprint density at radius 2 is 1.80 bits per heavy atom. The second-order valence-corrected chi connectivity index (χ2v) is 6.93. The monoisotopic (exact) mass is 308 g/mol. The predicted octanol–water partition coefficient (Wildman–Crippen LogP) is 5.33. The van der Waals surface area contributed by atoms with Crippen LogP contribution in [0.5, 0.6) is 0 Å². The van der Waals surface area contributed by atoms with Crippen molar-refractivity contribution in [3.63, 3.8) is 0 Å². The molecule has 0 aliphatic heterocycles. The number of halogens is 1. The molecule has 1 aromatic carbocycles. The van der Waals surface area contributed by atoms with Crippen molar-refractivity contribution in [2.75, 3.05) is 0 Å².